The number of benzene rings is 2. The van der Waals surface area contributed by atoms with Gasteiger partial charge >= 0.3 is 5.97 Å². The molecule has 14 nitrogen and oxygen atoms in total. The maximum absolute atomic E-state index is 15.2. The monoisotopic (exact) mass is 741 g/mol. The molecule has 2 aromatic carbocycles. The van der Waals surface area contributed by atoms with Crippen molar-refractivity contribution >= 4 is 34.6 Å². The molecule has 2 aliphatic heterocycles. The van der Waals surface area contributed by atoms with Gasteiger partial charge in [-0.1, -0.05) is 44.2 Å². The number of esters is 1. The van der Waals surface area contributed by atoms with E-state index in [-0.39, 0.29) is 49.1 Å². The van der Waals surface area contributed by atoms with Crippen LogP contribution in [0.5, 0.6) is 0 Å². The van der Waals surface area contributed by atoms with Crippen LogP contribution in [0.15, 0.2) is 47.3 Å². The van der Waals surface area contributed by atoms with Crippen LogP contribution in [0, 0.1) is 18.7 Å². The van der Waals surface area contributed by atoms with Crippen molar-refractivity contribution in [2.45, 2.75) is 77.5 Å². The molecule has 0 saturated carbocycles. The average Bonchev–Trinajstić information content (AvgIpc) is 3.53. The Balaban J connectivity index is 1.07. The van der Waals surface area contributed by atoms with E-state index in [1.165, 1.54) is 10.6 Å². The van der Waals surface area contributed by atoms with Gasteiger partial charge < -0.3 is 40.2 Å². The van der Waals surface area contributed by atoms with Gasteiger partial charge in [-0.25, -0.2) is 14.2 Å². The number of ether oxygens (including phenoxy) is 2. The highest BCUT2D eigenvalue weighted by Crippen LogP contribution is 2.46. The number of carbonyl (C=O) groups excluding carboxylic acids is 4. The Morgan fingerprint density at radius 2 is 1.87 bits per heavy atom. The summed E-state index contributed by atoms with van der Waals surface area (Å²) < 4.78 is 27.1. The highest BCUT2D eigenvalue weighted by Gasteiger charge is 2.46. The van der Waals surface area contributed by atoms with Crippen LogP contribution in [-0.4, -0.2) is 63.0 Å². The molecule has 1 aliphatic carbocycles. The molecule has 0 radical (unpaired) electrons. The molecule has 54 heavy (non-hydrogen) atoms. The zero-order valence-corrected chi connectivity index (χ0v) is 30.0. The summed E-state index contributed by atoms with van der Waals surface area (Å²) in [5.41, 5.74) is 2.07. The lowest BCUT2D eigenvalue weighted by Gasteiger charge is -2.31. The van der Waals surface area contributed by atoms with Crippen LogP contribution in [0.4, 0.5) is 4.39 Å². The minimum atomic E-state index is -2.03. The Morgan fingerprint density at radius 3 is 2.61 bits per heavy atom. The smallest absolute Gasteiger partial charge is 0.343 e. The van der Waals surface area contributed by atoms with Crippen LogP contribution in [0.25, 0.3) is 22.3 Å². The summed E-state index contributed by atoms with van der Waals surface area (Å²) in [7, 11) is 0. The molecule has 4 heterocycles. The molecule has 7 rings (SSSR count). The Labute approximate surface area is 308 Å². The lowest BCUT2D eigenvalue weighted by atomic mass is 9.81. The topological polar surface area (TPSA) is 198 Å². The second-order valence-corrected chi connectivity index (χ2v) is 14.0. The quantitative estimate of drug-likeness (QED) is 0.0987. The van der Waals surface area contributed by atoms with Gasteiger partial charge in [-0.2, -0.15) is 0 Å². The summed E-state index contributed by atoms with van der Waals surface area (Å²) in [5, 5.41) is 30.3. The van der Waals surface area contributed by atoms with E-state index in [4.69, 9.17) is 14.5 Å². The number of aromatic nitrogens is 2. The van der Waals surface area contributed by atoms with E-state index in [0.29, 0.717) is 63.8 Å². The van der Waals surface area contributed by atoms with Crippen LogP contribution in [0.1, 0.15) is 71.7 Å². The largest absolute Gasteiger partial charge is 0.458 e. The lowest BCUT2D eigenvalue weighted by molar-refractivity contribution is -0.172. The summed E-state index contributed by atoms with van der Waals surface area (Å²) in [6.45, 7) is 3.91. The van der Waals surface area contributed by atoms with Crippen molar-refractivity contribution < 1.29 is 43.3 Å². The van der Waals surface area contributed by atoms with Gasteiger partial charge in [0.2, 0.25) is 18.1 Å². The number of halogens is 1. The minimum Gasteiger partial charge on any atom is -0.458 e. The van der Waals surface area contributed by atoms with Crippen molar-refractivity contribution in [2.24, 2.45) is 5.92 Å². The van der Waals surface area contributed by atoms with Gasteiger partial charge in [0.1, 0.15) is 19.2 Å². The van der Waals surface area contributed by atoms with Crippen molar-refractivity contribution in [1.29, 1.82) is 0 Å². The van der Waals surface area contributed by atoms with Crippen molar-refractivity contribution in [3.8, 4) is 11.4 Å². The molecule has 15 heteroatoms. The second kappa shape index (κ2) is 14.4. The molecular weight excluding hydrogens is 701 g/mol. The molecular formula is C39H40FN5O9. The lowest BCUT2D eigenvalue weighted by Crippen LogP contribution is -2.44. The fourth-order valence-corrected chi connectivity index (χ4v) is 7.68. The number of rotatable bonds is 11. The van der Waals surface area contributed by atoms with E-state index in [1.807, 2.05) is 30.3 Å². The molecule has 4 atom stereocenters. The van der Waals surface area contributed by atoms with Crippen LogP contribution in [0.2, 0.25) is 0 Å². The predicted molar refractivity (Wildman–Crippen MR) is 191 cm³/mol. The van der Waals surface area contributed by atoms with E-state index in [2.05, 4.69) is 16.0 Å². The molecule has 0 bridgehead atoms. The fraction of sp³-hybridized carbons (Fsp3) is 0.385. The first-order chi connectivity index (χ1) is 25.8. The van der Waals surface area contributed by atoms with E-state index in [1.54, 1.807) is 26.8 Å². The van der Waals surface area contributed by atoms with E-state index in [9.17, 15) is 34.2 Å². The fourth-order valence-electron chi connectivity index (χ4n) is 7.68. The van der Waals surface area contributed by atoms with Gasteiger partial charge in [-0.05, 0) is 60.9 Å². The Kier molecular flexibility index (Phi) is 9.81. The molecule has 5 N–H and O–H groups in total. The van der Waals surface area contributed by atoms with Crippen molar-refractivity contribution in [3.63, 3.8) is 0 Å². The number of aliphatic hydroxyl groups excluding tert-OH is 1. The summed E-state index contributed by atoms with van der Waals surface area (Å²) in [4.78, 5) is 69.4. The van der Waals surface area contributed by atoms with Crippen LogP contribution in [0.3, 0.4) is 0 Å². The maximum Gasteiger partial charge on any atom is 0.343 e. The SMILES string of the molecule is CC[C@@]1(O)C(=O)OCc2c1cc1n(c2=O)Cc2c-1nc1cc(F)c(C)c3c1c2[C@@H](NC(=O)[C@@H](O)OCNC(=O)CNC(=O)[C@@H](C)Cc1ccccc1)CC3. The third-order valence-electron chi connectivity index (χ3n) is 10.7. The number of aryl methyl sites for hydroxylation is 1. The number of cyclic esters (lactones) is 1. The van der Waals surface area contributed by atoms with E-state index in [0.717, 1.165) is 5.56 Å². The first-order valence-corrected chi connectivity index (χ1v) is 17.8. The van der Waals surface area contributed by atoms with Crippen LogP contribution >= 0.6 is 0 Å². The van der Waals surface area contributed by atoms with Gasteiger partial charge in [0.25, 0.3) is 11.5 Å². The first-order valence-electron chi connectivity index (χ1n) is 17.8. The standard InChI is InChI=1S/C39H40FN5O9/c1-4-39(52)25-13-29-33-23(16-45(29)36(49)24(25)17-53-38(39)51)32-27(11-10-22-20(3)26(40)14-28(43-33)31(22)32)44-35(48)37(50)54-18-42-30(46)15-41-34(47)19(2)12-21-8-6-5-7-9-21/h5-9,13-14,19,27,37,50,52H,4,10-12,15-18H2,1-3H3,(H,41,47)(H,42,46)(H,44,48)/t19-,27-,37-,39-/m0/s1. The van der Waals surface area contributed by atoms with Gasteiger partial charge in [-0.15, -0.1) is 0 Å². The molecule has 0 fully saturated rings. The summed E-state index contributed by atoms with van der Waals surface area (Å²) in [6.07, 6.45) is -0.815. The highest BCUT2D eigenvalue weighted by atomic mass is 19.1. The number of pyridine rings is 2. The van der Waals surface area contributed by atoms with Crippen molar-refractivity contribution in [3.05, 3.63) is 97.6 Å². The zero-order chi connectivity index (χ0) is 38.5. The number of nitrogens with one attached hydrogen (secondary N) is 3. The zero-order valence-electron chi connectivity index (χ0n) is 30.0. The van der Waals surface area contributed by atoms with Gasteiger partial charge in [0.15, 0.2) is 5.60 Å². The van der Waals surface area contributed by atoms with Gasteiger partial charge in [-0.3, -0.25) is 19.2 Å². The minimum absolute atomic E-state index is 0.0357. The van der Waals surface area contributed by atoms with E-state index < -0.39 is 53.8 Å². The molecule has 0 saturated heterocycles. The first kappa shape index (κ1) is 36.8. The maximum atomic E-state index is 15.2. The average molecular weight is 742 g/mol. The Bertz CT molecular complexity index is 2280. The summed E-state index contributed by atoms with van der Waals surface area (Å²) >= 11 is 0. The van der Waals surface area contributed by atoms with Crippen molar-refractivity contribution in [2.75, 3.05) is 13.3 Å². The number of fused-ring (bicyclic) bond motifs is 5. The molecule has 0 spiro atoms. The predicted octanol–water partition coefficient (Wildman–Crippen LogP) is 2.03. The number of aliphatic hydroxyl groups is 2. The second-order valence-electron chi connectivity index (χ2n) is 14.0. The molecule has 3 aliphatic rings. The molecule has 3 amide bonds. The molecule has 2 aromatic heterocycles. The third-order valence-corrected chi connectivity index (χ3v) is 10.7. The van der Waals surface area contributed by atoms with Crippen molar-refractivity contribution in [1.82, 2.24) is 25.5 Å². The number of nitrogens with zero attached hydrogens (tertiary/aromatic N) is 2. The highest BCUT2D eigenvalue weighted by molar-refractivity contribution is 5.94. The number of carbonyl (C=O) groups is 4. The number of hydrogen-bond donors (Lipinski definition) is 5. The summed E-state index contributed by atoms with van der Waals surface area (Å²) in [6, 6.07) is 11.6. The summed E-state index contributed by atoms with van der Waals surface area (Å²) in [5.74, 6) is -3.49. The van der Waals surface area contributed by atoms with E-state index >= 15 is 4.39 Å². The van der Waals surface area contributed by atoms with Crippen LogP contribution in [-0.2, 0) is 60.2 Å². The van der Waals surface area contributed by atoms with Gasteiger partial charge in [0.05, 0.1) is 41.6 Å². The molecule has 0 unspecified atom stereocenters. The van der Waals surface area contributed by atoms with Gasteiger partial charge in [0, 0.05) is 28.5 Å². The normalized spacial score (nSPS) is 19.2. The molecule has 282 valence electrons. The van der Waals surface area contributed by atoms with Crippen LogP contribution < -0.4 is 21.5 Å². The number of hydrogen-bond acceptors (Lipinski definition) is 10. The number of amides is 3. The molecule has 4 aromatic rings. The Hall–Kier alpha value is -5.51. The third kappa shape index (κ3) is 6.41. The Morgan fingerprint density at radius 1 is 1.11 bits per heavy atom.